The van der Waals surface area contributed by atoms with Gasteiger partial charge in [-0.05, 0) is 19.4 Å². The van der Waals surface area contributed by atoms with Crippen LogP contribution in [0.25, 0.3) is 0 Å². The minimum Gasteiger partial charge on any atom is -0.317 e. The Hall–Kier alpha value is -0.550. The number of rotatable bonds is 4. The van der Waals surface area contributed by atoms with Crippen molar-refractivity contribution in [2.75, 3.05) is 7.05 Å². The Bertz CT molecular complexity index is 113. The maximum Gasteiger partial charge on any atom is 0.0622 e. The van der Waals surface area contributed by atoms with Gasteiger partial charge in [-0.25, -0.2) is 0 Å². The lowest BCUT2D eigenvalue weighted by Crippen LogP contribution is -2.30. The molecule has 0 saturated carbocycles. The summed E-state index contributed by atoms with van der Waals surface area (Å²) >= 11 is 0. The molecule has 0 rings (SSSR count). The van der Waals surface area contributed by atoms with E-state index < -0.39 is 0 Å². The molecule has 0 heterocycles. The molecule has 2 nitrogen and oxygen atoms in total. The fourth-order valence-electron chi connectivity index (χ4n) is 1.03. The van der Waals surface area contributed by atoms with Crippen molar-refractivity contribution in [1.82, 2.24) is 5.32 Å². The van der Waals surface area contributed by atoms with Crippen molar-refractivity contribution in [3.8, 4) is 6.07 Å². The number of nitrogens with zero attached hydrogens (tertiary/aromatic N) is 1. The Kier molecular flexibility index (Phi) is 4.96. The molecular weight excluding hydrogens is 124 g/mol. The second-order valence-corrected chi connectivity index (χ2v) is 2.84. The van der Waals surface area contributed by atoms with Crippen LogP contribution in [0.2, 0.25) is 0 Å². The minimum absolute atomic E-state index is 0.500. The molecule has 10 heavy (non-hydrogen) atoms. The van der Waals surface area contributed by atoms with Gasteiger partial charge in [0.1, 0.15) is 0 Å². The first-order chi connectivity index (χ1) is 4.72. The number of nitriles is 1. The van der Waals surface area contributed by atoms with E-state index in [4.69, 9.17) is 5.26 Å². The molecule has 0 spiro atoms. The zero-order valence-electron chi connectivity index (χ0n) is 7.02. The average molecular weight is 140 g/mol. The lowest BCUT2D eigenvalue weighted by atomic mass is 10.0. The van der Waals surface area contributed by atoms with E-state index in [1.54, 1.807) is 0 Å². The van der Waals surface area contributed by atoms with Gasteiger partial charge in [0.05, 0.1) is 6.07 Å². The van der Waals surface area contributed by atoms with Crippen LogP contribution in [0, 0.1) is 17.2 Å². The molecule has 0 radical (unpaired) electrons. The van der Waals surface area contributed by atoms with E-state index in [1.807, 2.05) is 7.05 Å². The quantitative estimate of drug-likeness (QED) is 0.643. The van der Waals surface area contributed by atoms with Gasteiger partial charge in [-0.3, -0.25) is 0 Å². The van der Waals surface area contributed by atoms with Gasteiger partial charge in [0.25, 0.3) is 0 Å². The van der Waals surface area contributed by atoms with Crippen LogP contribution in [0.4, 0.5) is 0 Å². The van der Waals surface area contributed by atoms with Crippen molar-refractivity contribution in [2.24, 2.45) is 5.92 Å². The van der Waals surface area contributed by atoms with Gasteiger partial charge in [-0.15, -0.1) is 0 Å². The Morgan fingerprint density at radius 2 is 2.10 bits per heavy atom. The molecule has 0 aliphatic carbocycles. The smallest absolute Gasteiger partial charge is 0.0622 e. The van der Waals surface area contributed by atoms with Gasteiger partial charge in [0, 0.05) is 12.5 Å². The molecule has 0 aliphatic heterocycles. The normalized spacial score (nSPS) is 13.1. The molecule has 0 aromatic carbocycles. The summed E-state index contributed by atoms with van der Waals surface area (Å²) in [7, 11) is 1.95. The van der Waals surface area contributed by atoms with Crippen molar-refractivity contribution < 1.29 is 0 Å². The van der Waals surface area contributed by atoms with Crippen LogP contribution >= 0.6 is 0 Å². The fraction of sp³-hybridized carbons (Fsp3) is 0.875. The standard InChI is InChI=1S/C8H16N2/c1-7(2)8(10-3)5-4-6-9/h7-8,10H,4-5H2,1-3H3. The number of nitrogens with one attached hydrogen (secondary N) is 1. The lowest BCUT2D eigenvalue weighted by Gasteiger charge is -2.17. The summed E-state index contributed by atoms with van der Waals surface area (Å²) in [5.74, 6) is 0.623. The lowest BCUT2D eigenvalue weighted by molar-refractivity contribution is 0.406. The second kappa shape index (κ2) is 5.25. The summed E-state index contributed by atoms with van der Waals surface area (Å²) in [6.07, 6.45) is 1.62. The topological polar surface area (TPSA) is 35.8 Å². The molecular formula is C8H16N2. The van der Waals surface area contributed by atoms with Gasteiger partial charge >= 0.3 is 0 Å². The van der Waals surface area contributed by atoms with Crippen molar-refractivity contribution >= 4 is 0 Å². The first-order valence-electron chi connectivity index (χ1n) is 3.76. The molecule has 2 heteroatoms. The molecule has 1 unspecified atom stereocenters. The predicted molar refractivity (Wildman–Crippen MR) is 42.5 cm³/mol. The number of hydrogen-bond donors (Lipinski definition) is 1. The Balaban J connectivity index is 3.52. The summed E-state index contributed by atoms with van der Waals surface area (Å²) in [4.78, 5) is 0. The summed E-state index contributed by atoms with van der Waals surface area (Å²) in [6, 6.07) is 2.65. The maximum absolute atomic E-state index is 8.31. The van der Waals surface area contributed by atoms with Crippen LogP contribution in [0.1, 0.15) is 26.7 Å². The highest BCUT2D eigenvalue weighted by atomic mass is 14.9. The highest BCUT2D eigenvalue weighted by Gasteiger charge is 2.08. The third-order valence-corrected chi connectivity index (χ3v) is 1.74. The van der Waals surface area contributed by atoms with E-state index >= 15 is 0 Å². The SMILES string of the molecule is CNC(CCC#N)C(C)C. The van der Waals surface area contributed by atoms with Crippen molar-refractivity contribution in [1.29, 1.82) is 5.26 Å². The van der Waals surface area contributed by atoms with Gasteiger partial charge in [-0.1, -0.05) is 13.8 Å². The fourth-order valence-corrected chi connectivity index (χ4v) is 1.03. The minimum atomic E-state index is 0.500. The third kappa shape index (κ3) is 3.47. The number of hydrogen-bond acceptors (Lipinski definition) is 2. The van der Waals surface area contributed by atoms with E-state index in [2.05, 4.69) is 25.2 Å². The monoisotopic (exact) mass is 140 g/mol. The first-order valence-corrected chi connectivity index (χ1v) is 3.76. The predicted octanol–water partition coefficient (Wildman–Crippen LogP) is 1.53. The largest absolute Gasteiger partial charge is 0.317 e. The first kappa shape index (κ1) is 9.45. The Morgan fingerprint density at radius 1 is 1.50 bits per heavy atom. The third-order valence-electron chi connectivity index (χ3n) is 1.74. The Morgan fingerprint density at radius 3 is 2.40 bits per heavy atom. The highest BCUT2D eigenvalue weighted by Crippen LogP contribution is 2.06. The van der Waals surface area contributed by atoms with Gasteiger partial charge in [0.15, 0.2) is 0 Å². The molecule has 0 saturated heterocycles. The molecule has 1 atom stereocenters. The van der Waals surface area contributed by atoms with Crippen molar-refractivity contribution in [3.63, 3.8) is 0 Å². The van der Waals surface area contributed by atoms with Crippen LogP contribution in [0.5, 0.6) is 0 Å². The summed E-state index contributed by atoms with van der Waals surface area (Å²) in [5, 5.41) is 11.5. The van der Waals surface area contributed by atoms with E-state index in [0.717, 1.165) is 6.42 Å². The average Bonchev–Trinajstić information content (AvgIpc) is 1.89. The van der Waals surface area contributed by atoms with Crippen molar-refractivity contribution in [3.05, 3.63) is 0 Å². The zero-order chi connectivity index (χ0) is 7.98. The zero-order valence-corrected chi connectivity index (χ0v) is 7.02. The van der Waals surface area contributed by atoms with Crippen LogP contribution in [-0.4, -0.2) is 13.1 Å². The Labute approximate surface area is 63.2 Å². The summed E-state index contributed by atoms with van der Waals surface area (Å²) < 4.78 is 0. The summed E-state index contributed by atoms with van der Waals surface area (Å²) in [5.41, 5.74) is 0. The maximum atomic E-state index is 8.31. The van der Waals surface area contributed by atoms with Crippen molar-refractivity contribution in [2.45, 2.75) is 32.7 Å². The van der Waals surface area contributed by atoms with E-state index in [9.17, 15) is 0 Å². The molecule has 1 N–H and O–H groups in total. The molecule has 0 aromatic heterocycles. The van der Waals surface area contributed by atoms with E-state index in [0.29, 0.717) is 18.4 Å². The molecule has 0 aliphatic rings. The van der Waals surface area contributed by atoms with Gasteiger partial charge in [0.2, 0.25) is 0 Å². The van der Waals surface area contributed by atoms with Crippen LogP contribution in [-0.2, 0) is 0 Å². The summed E-state index contributed by atoms with van der Waals surface area (Å²) in [6.45, 7) is 4.33. The second-order valence-electron chi connectivity index (χ2n) is 2.84. The molecule has 0 bridgehead atoms. The van der Waals surface area contributed by atoms with E-state index in [1.165, 1.54) is 0 Å². The van der Waals surface area contributed by atoms with Gasteiger partial charge < -0.3 is 5.32 Å². The van der Waals surface area contributed by atoms with Crippen LogP contribution < -0.4 is 5.32 Å². The highest BCUT2D eigenvalue weighted by molar-refractivity contribution is 4.76. The molecule has 0 amide bonds. The van der Waals surface area contributed by atoms with Crippen LogP contribution in [0.3, 0.4) is 0 Å². The molecule has 0 fully saturated rings. The van der Waals surface area contributed by atoms with Gasteiger partial charge in [-0.2, -0.15) is 5.26 Å². The molecule has 58 valence electrons. The van der Waals surface area contributed by atoms with Crippen LogP contribution in [0.15, 0.2) is 0 Å². The molecule has 0 aromatic rings. The van der Waals surface area contributed by atoms with E-state index in [-0.39, 0.29) is 0 Å².